The molecular weight excluding hydrogens is 951 g/mol. The molecule has 0 radical (unpaired) electrons. The molecule has 2 atom stereocenters. The normalized spacial score (nSPS) is 12.8. The van der Waals surface area contributed by atoms with Crippen LogP contribution in [0.1, 0.15) is 412 Å². The second kappa shape index (κ2) is 69.9. The van der Waals surface area contributed by atoms with E-state index < -0.39 is 12.1 Å². The van der Waals surface area contributed by atoms with Crippen LogP contribution in [-0.2, 0) is 4.79 Å². The summed E-state index contributed by atoms with van der Waals surface area (Å²) in [4.78, 5) is 12.5. The van der Waals surface area contributed by atoms with E-state index in [9.17, 15) is 15.0 Å². The second-order valence-electron chi connectivity index (χ2n) is 25.0. The van der Waals surface area contributed by atoms with Crippen molar-refractivity contribution >= 4 is 5.91 Å². The molecular formula is C74H143NO3. The van der Waals surface area contributed by atoms with Crippen molar-refractivity contribution in [3.8, 4) is 0 Å². The predicted molar refractivity (Wildman–Crippen MR) is 350 cm³/mol. The molecule has 0 heterocycles. The number of hydrogen-bond acceptors (Lipinski definition) is 3. The maximum atomic E-state index is 12.5. The van der Waals surface area contributed by atoms with Crippen molar-refractivity contribution < 1.29 is 15.0 Å². The Bertz CT molecular complexity index is 1190. The predicted octanol–water partition coefficient (Wildman–Crippen LogP) is 24.7. The molecule has 4 nitrogen and oxygen atoms in total. The molecule has 0 fully saturated rings. The van der Waals surface area contributed by atoms with Crippen LogP contribution in [0.5, 0.6) is 0 Å². The minimum Gasteiger partial charge on any atom is -0.394 e. The lowest BCUT2D eigenvalue weighted by molar-refractivity contribution is -0.123. The highest BCUT2D eigenvalue weighted by Crippen LogP contribution is 2.19. The van der Waals surface area contributed by atoms with E-state index in [0.717, 1.165) is 38.5 Å². The first kappa shape index (κ1) is 76.6. The van der Waals surface area contributed by atoms with Gasteiger partial charge in [-0.2, -0.15) is 0 Å². The van der Waals surface area contributed by atoms with Gasteiger partial charge in [0.05, 0.1) is 18.8 Å². The molecule has 2 unspecified atom stereocenters. The van der Waals surface area contributed by atoms with Crippen LogP contribution in [0.2, 0.25) is 0 Å². The Balaban J connectivity index is 3.42. The van der Waals surface area contributed by atoms with Gasteiger partial charge in [-0.25, -0.2) is 0 Å². The summed E-state index contributed by atoms with van der Waals surface area (Å²) in [5.41, 5.74) is 0. The monoisotopic (exact) mass is 1090 g/mol. The summed E-state index contributed by atoms with van der Waals surface area (Å²) in [6.45, 7) is 4.34. The Kier molecular flexibility index (Phi) is 68.6. The average molecular weight is 1090 g/mol. The van der Waals surface area contributed by atoms with Crippen molar-refractivity contribution in [2.45, 2.75) is 424 Å². The molecule has 0 aromatic rings. The van der Waals surface area contributed by atoms with Crippen molar-refractivity contribution in [2.24, 2.45) is 0 Å². The van der Waals surface area contributed by atoms with Gasteiger partial charge in [0, 0.05) is 6.42 Å². The zero-order valence-electron chi connectivity index (χ0n) is 53.5. The molecule has 0 aromatic carbocycles. The van der Waals surface area contributed by atoms with Crippen LogP contribution < -0.4 is 5.32 Å². The molecule has 0 aliphatic heterocycles. The Morgan fingerprint density at radius 2 is 0.500 bits per heavy atom. The Morgan fingerprint density at radius 3 is 0.744 bits per heavy atom. The third kappa shape index (κ3) is 65.4. The maximum absolute atomic E-state index is 12.5. The first-order valence-corrected chi connectivity index (χ1v) is 36.2. The van der Waals surface area contributed by atoms with Gasteiger partial charge in [-0.1, -0.05) is 397 Å². The standard InChI is InChI=1S/C74H143NO3/c1-3-5-7-9-11-13-15-17-19-21-23-25-27-29-31-32-33-34-35-36-37-38-39-40-41-42-43-44-46-48-50-52-54-56-58-60-62-64-66-68-70-74(78)75-72(71-76)73(77)69-67-65-63-61-59-57-55-53-51-49-47-45-30-28-26-24-22-20-18-16-14-12-10-8-6-4-2/h51,53,59,61,67,69,72-73,76-77H,3-50,52,54-58,60,62-66,68,70-71H2,1-2H3,(H,75,78)/b53-51+,61-59+,69-67+. The van der Waals surface area contributed by atoms with Crippen LogP contribution in [0.3, 0.4) is 0 Å². The number of carbonyl (C=O) groups excluding carboxylic acids is 1. The lowest BCUT2D eigenvalue weighted by Crippen LogP contribution is -2.45. The second-order valence-corrected chi connectivity index (χ2v) is 25.0. The maximum Gasteiger partial charge on any atom is 0.220 e. The van der Waals surface area contributed by atoms with E-state index in [1.807, 2.05) is 6.08 Å². The summed E-state index contributed by atoms with van der Waals surface area (Å²) >= 11 is 0. The van der Waals surface area contributed by atoms with E-state index in [2.05, 4.69) is 43.5 Å². The van der Waals surface area contributed by atoms with Crippen LogP contribution in [0.25, 0.3) is 0 Å². The Labute approximate surface area is 491 Å². The van der Waals surface area contributed by atoms with Crippen molar-refractivity contribution in [1.29, 1.82) is 0 Å². The number of carbonyl (C=O) groups is 1. The zero-order chi connectivity index (χ0) is 56.2. The van der Waals surface area contributed by atoms with Crippen LogP contribution in [-0.4, -0.2) is 34.9 Å². The van der Waals surface area contributed by atoms with Crippen LogP contribution in [0.4, 0.5) is 0 Å². The fourth-order valence-electron chi connectivity index (χ4n) is 11.6. The topological polar surface area (TPSA) is 69.6 Å². The van der Waals surface area contributed by atoms with Crippen molar-refractivity contribution in [2.75, 3.05) is 6.61 Å². The first-order valence-electron chi connectivity index (χ1n) is 36.2. The molecule has 1 amide bonds. The van der Waals surface area contributed by atoms with E-state index in [0.29, 0.717) is 6.42 Å². The van der Waals surface area contributed by atoms with E-state index in [1.54, 1.807) is 6.08 Å². The van der Waals surface area contributed by atoms with Gasteiger partial charge in [-0.3, -0.25) is 4.79 Å². The van der Waals surface area contributed by atoms with Gasteiger partial charge in [0.15, 0.2) is 0 Å². The van der Waals surface area contributed by atoms with Crippen molar-refractivity contribution in [3.63, 3.8) is 0 Å². The molecule has 0 aromatic heterocycles. The van der Waals surface area contributed by atoms with E-state index in [-0.39, 0.29) is 12.5 Å². The van der Waals surface area contributed by atoms with Gasteiger partial charge in [0.25, 0.3) is 0 Å². The van der Waals surface area contributed by atoms with Gasteiger partial charge >= 0.3 is 0 Å². The molecule has 78 heavy (non-hydrogen) atoms. The highest BCUT2D eigenvalue weighted by molar-refractivity contribution is 5.76. The zero-order valence-corrected chi connectivity index (χ0v) is 53.5. The van der Waals surface area contributed by atoms with Gasteiger partial charge in [-0.15, -0.1) is 0 Å². The number of nitrogens with one attached hydrogen (secondary N) is 1. The number of unbranched alkanes of at least 4 members (excludes halogenated alkanes) is 57. The summed E-state index contributed by atoms with van der Waals surface area (Å²) in [6.07, 6.45) is 96.9. The quantitative estimate of drug-likeness (QED) is 0.0420. The number of rotatable bonds is 68. The minimum atomic E-state index is -0.870. The fraction of sp³-hybridized carbons (Fsp3) is 0.905. The smallest absolute Gasteiger partial charge is 0.220 e. The molecule has 0 aliphatic rings. The van der Waals surface area contributed by atoms with Gasteiger partial charge in [-0.05, 0) is 44.9 Å². The van der Waals surface area contributed by atoms with Crippen molar-refractivity contribution in [1.82, 2.24) is 5.32 Å². The average Bonchev–Trinajstić information content (AvgIpc) is 3.44. The minimum absolute atomic E-state index is 0.0693. The molecule has 3 N–H and O–H groups in total. The van der Waals surface area contributed by atoms with E-state index in [1.165, 1.54) is 353 Å². The Morgan fingerprint density at radius 1 is 0.295 bits per heavy atom. The summed E-state index contributed by atoms with van der Waals surface area (Å²) < 4.78 is 0. The molecule has 0 spiro atoms. The SMILES string of the molecule is CCCCCCCCCCCCCCCCCC/C=C/CC/C=C/CC/C=C/C(O)C(CO)NC(=O)CCCCCCCCCCCCCCCCCCCCCCCCCCCCCCCCCCCCCCCCCC. The number of amides is 1. The fourth-order valence-corrected chi connectivity index (χ4v) is 11.6. The third-order valence-corrected chi connectivity index (χ3v) is 17.1. The number of aliphatic hydroxyl groups is 2. The van der Waals surface area contributed by atoms with Gasteiger partial charge in [0.1, 0.15) is 0 Å². The van der Waals surface area contributed by atoms with E-state index >= 15 is 0 Å². The third-order valence-electron chi connectivity index (χ3n) is 17.1. The van der Waals surface area contributed by atoms with Crippen LogP contribution >= 0.6 is 0 Å². The molecule has 462 valence electrons. The number of allylic oxidation sites excluding steroid dienone is 5. The highest BCUT2D eigenvalue weighted by Gasteiger charge is 2.18. The lowest BCUT2D eigenvalue weighted by atomic mass is 10.0. The largest absolute Gasteiger partial charge is 0.394 e. The van der Waals surface area contributed by atoms with Crippen LogP contribution in [0, 0.1) is 0 Å². The molecule has 0 saturated heterocycles. The van der Waals surface area contributed by atoms with E-state index in [4.69, 9.17) is 0 Å². The molecule has 0 saturated carbocycles. The van der Waals surface area contributed by atoms with Crippen LogP contribution in [0.15, 0.2) is 36.5 Å². The molecule has 4 heteroatoms. The summed E-state index contributed by atoms with van der Waals surface area (Å²) in [5, 5.41) is 23.3. The van der Waals surface area contributed by atoms with Gasteiger partial charge < -0.3 is 15.5 Å². The summed E-state index contributed by atoms with van der Waals surface area (Å²) in [7, 11) is 0. The first-order chi connectivity index (χ1) is 38.7. The Hall–Kier alpha value is -1.39. The molecule has 0 rings (SSSR count). The molecule has 0 bridgehead atoms. The molecule has 0 aliphatic carbocycles. The van der Waals surface area contributed by atoms with Gasteiger partial charge in [0.2, 0.25) is 5.91 Å². The lowest BCUT2D eigenvalue weighted by Gasteiger charge is -2.19. The number of aliphatic hydroxyl groups excluding tert-OH is 2. The summed E-state index contributed by atoms with van der Waals surface area (Å²) in [5.74, 6) is -0.0693. The summed E-state index contributed by atoms with van der Waals surface area (Å²) in [6, 6.07) is -0.645. The number of hydrogen-bond donors (Lipinski definition) is 3. The van der Waals surface area contributed by atoms with Crippen molar-refractivity contribution in [3.05, 3.63) is 36.5 Å². The highest BCUT2D eigenvalue weighted by atomic mass is 16.3.